The summed E-state index contributed by atoms with van der Waals surface area (Å²) < 4.78 is 11.4. The molecule has 1 saturated heterocycles. The van der Waals surface area contributed by atoms with Crippen LogP contribution in [0.4, 0.5) is 5.69 Å². The fraction of sp³-hybridized carbons (Fsp3) is 0.269. The fourth-order valence-electron chi connectivity index (χ4n) is 3.80. The summed E-state index contributed by atoms with van der Waals surface area (Å²) in [7, 11) is 0. The minimum atomic E-state index is -0.416. The summed E-state index contributed by atoms with van der Waals surface area (Å²) in [4.78, 5) is 10.9. The zero-order valence-electron chi connectivity index (χ0n) is 19.4. The van der Waals surface area contributed by atoms with E-state index in [9.17, 15) is 0 Å². The van der Waals surface area contributed by atoms with Crippen molar-refractivity contribution in [3.05, 3.63) is 87.4 Å². The van der Waals surface area contributed by atoms with E-state index in [4.69, 9.17) is 43.8 Å². The van der Waals surface area contributed by atoms with Crippen molar-refractivity contribution in [1.29, 1.82) is 5.41 Å². The number of nitrogens with one attached hydrogen (secondary N) is 1. The number of nitrogen functional groups attached to an aromatic ring is 1. The quantitative estimate of drug-likeness (QED) is 0.309. The number of nitrogens with zero attached hydrogens (tertiary/aromatic N) is 3. The molecule has 4 rings (SSSR count). The van der Waals surface area contributed by atoms with E-state index in [1.807, 2.05) is 31.3 Å². The molecule has 0 aliphatic carbocycles. The lowest BCUT2D eigenvalue weighted by molar-refractivity contribution is 0.0336. The molecule has 0 amide bonds. The second-order valence-electron chi connectivity index (χ2n) is 8.24. The first kappa shape index (κ1) is 25.1. The molecule has 1 aliphatic rings. The summed E-state index contributed by atoms with van der Waals surface area (Å²) in [5.74, 6) is 0.554. The molecule has 3 aromatic rings. The lowest BCUT2D eigenvalue weighted by atomic mass is 10.1. The van der Waals surface area contributed by atoms with Gasteiger partial charge in [0.2, 0.25) is 0 Å². The minimum absolute atomic E-state index is 0.262. The van der Waals surface area contributed by atoms with Crippen LogP contribution < -0.4 is 10.5 Å². The summed E-state index contributed by atoms with van der Waals surface area (Å²) in [6.07, 6.45) is 8.00. The third kappa shape index (κ3) is 6.58. The van der Waals surface area contributed by atoms with E-state index in [0.29, 0.717) is 32.6 Å². The van der Waals surface area contributed by atoms with Crippen molar-refractivity contribution in [1.82, 2.24) is 14.9 Å². The molecule has 0 saturated carbocycles. The number of halogens is 2. The van der Waals surface area contributed by atoms with Crippen LogP contribution in [-0.4, -0.2) is 46.9 Å². The molecular weight excluding hydrogens is 485 g/mol. The summed E-state index contributed by atoms with van der Waals surface area (Å²) in [6, 6.07) is 9.23. The Kier molecular flexibility index (Phi) is 8.36. The van der Waals surface area contributed by atoms with Gasteiger partial charge in [0.15, 0.2) is 0 Å². The number of anilines is 1. The monoisotopic (exact) mass is 511 g/mol. The number of rotatable bonds is 8. The van der Waals surface area contributed by atoms with Crippen molar-refractivity contribution >= 4 is 40.7 Å². The van der Waals surface area contributed by atoms with Gasteiger partial charge in [-0.1, -0.05) is 35.3 Å². The Bertz CT molecular complexity index is 1190. The van der Waals surface area contributed by atoms with Crippen LogP contribution in [0.15, 0.2) is 55.0 Å². The maximum Gasteiger partial charge on any atom is 0.124 e. The predicted octanol–water partition coefficient (Wildman–Crippen LogP) is 5.42. The van der Waals surface area contributed by atoms with Gasteiger partial charge in [-0.05, 0) is 42.8 Å². The van der Waals surface area contributed by atoms with Crippen LogP contribution in [0.25, 0.3) is 6.08 Å². The van der Waals surface area contributed by atoms with Gasteiger partial charge in [0.1, 0.15) is 11.9 Å². The number of nitrogens with two attached hydrogens (primary N) is 1. The minimum Gasteiger partial charge on any atom is -0.486 e. The van der Waals surface area contributed by atoms with Crippen LogP contribution >= 0.6 is 23.2 Å². The van der Waals surface area contributed by atoms with E-state index in [1.54, 1.807) is 24.3 Å². The maximum absolute atomic E-state index is 8.53. The number of benzene rings is 1. The number of pyridine rings is 2. The third-order valence-electron chi connectivity index (χ3n) is 5.70. The second kappa shape index (κ2) is 11.6. The van der Waals surface area contributed by atoms with Crippen molar-refractivity contribution in [2.75, 3.05) is 32.0 Å². The Balaban J connectivity index is 1.42. The van der Waals surface area contributed by atoms with Gasteiger partial charge in [-0.2, -0.15) is 0 Å². The van der Waals surface area contributed by atoms with Crippen molar-refractivity contribution in [3.8, 4) is 5.75 Å². The molecule has 1 aromatic carbocycles. The summed E-state index contributed by atoms with van der Waals surface area (Å²) in [6.45, 7) is 6.04. The Labute approximate surface area is 215 Å². The van der Waals surface area contributed by atoms with Crippen molar-refractivity contribution in [3.63, 3.8) is 0 Å². The first-order valence-electron chi connectivity index (χ1n) is 11.3. The molecule has 3 heterocycles. The molecule has 1 unspecified atom stereocenters. The average Bonchev–Trinajstić information content (AvgIpc) is 2.85. The molecule has 0 radical (unpaired) electrons. The van der Waals surface area contributed by atoms with E-state index >= 15 is 0 Å². The average molecular weight is 512 g/mol. The van der Waals surface area contributed by atoms with Crippen LogP contribution in [0.3, 0.4) is 0 Å². The number of ether oxygens (including phenoxy) is 2. The Morgan fingerprint density at radius 3 is 2.60 bits per heavy atom. The van der Waals surface area contributed by atoms with Gasteiger partial charge in [0, 0.05) is 55.0 Å². The smallest absolute Gasteiger partial charge is 0.124 e. The number of hydrogen-bond acceptors (Lipinski definition) is 7. The Morgan fingerprint density at radius 1 is 1.17 bits per heavy atom. The van der Waals surface area contributed by atoms with E-state index in [2.05, 4.69) is 14.9 Å². The number of aromatic nitrogens is 2. The highest BCUT2D eigenvalue weighted by Crippen LogP contribution is 2.33. The fourth-order valence-corrected chi connectivity index (χ4v) is 4.47. The van der Waals surface area contributed by atoms with E-state index < -0.39 is 6.10 Å². The van der Waals surface area contributed by atoms with Crippen LogP contribution in [0, 0.1) is 5.41 Å². The molecule has 35 heavy (non-hydrogen) atoms. The zero-order chi connectivity index (χ0) is 24.8. The summed E-state index contributed by atoms with van der Waals surface area (Å²) in [5, 5.41) is 9.39. The lowest BCUT2D eigenvalue weighted by Crippen LogP contribution is -2.35. The first-order chi connectivity index (χ1) is 16.9. The molecule has 182 valence electrons. The van der Waals surface area contributed by atoms with Gasteiger partial charge in [-0.15, -0.1) is 0 Å². The van der Waals surface area contributed by atoms with Gasteiger partial charge < -0.3 is 20.6 Å². The lowest BCUT2D eigenvalue weighted by Gasteiger charge is -2.26. The highest BCUT2D eigenvalue weighted by molar-refractivity contribution is 6.35. The van der Waals surface area contributed by atoms with Gasteiger partial charge in [0.25, 0.3) is 0 Å². The molecular formula is C26H27Cl2N5O2. The molecule has 0 spiro atoms. The molecule has 1 aliphatic heterocycles. The highest BCUT2D eigenvalue weighted by Gasteiger charge is 2.17. The van der Waals surface area contributed by atoms with Gasteiger partial charge >= 0.3 is 0 Å². The molecule has 3 N–H and O–H groups in total. The Hall–Kier alpha value is -2.97. The van der Waals surface area contributed by atoms with Crippen LogP contribution in [0.1, 0.15) is 35.4 Å². The number of allylic oxidation sites excluding steroid dienone is 1. The maximum atomic E-state index is 8.53. The van der Waals surface area contributed by atoms with E-state index in [1.165, 1.54) is 12.4 Å². The predicted molar refractivity (Wildman–Crippen MR) is 140 cm³/mol. The number of morpholine rings is 1. The van der Waals surface area contributed by atoms with Gasteiger partial charge in [-0.25, -0.2) is 0 Å². The molecule has 1 atom stereocenters. The van der Waals surface area contributed by atoms with Crippen LogP contribution in [0.2, 0.25) is 10.0 Å². The highest BCUT2D eigenvalue weighted by atomic mass is 35.5. The Morgan fingerprint density at radius 2 is 1.91 bits per heavy atom. The molecule has 1 fully saturated rings. The molecule has 7 nitrogen and oxygen atoms in total. The number of hydrogen-bond donors (Lipinski definition) is 2. The van der Waals surface area contributed by atoms with Gasteiger partial charge in [0.05, 0.1) is 34.7 Å². The standard InChI is InChI=1S/C26H27Cl2N5O2/c1-17(26-22(27)14-31-15-23(26)28)35-20-5-7-25(30)21(12-20)24(29)6-3-18-2-4-19(32-13-18)16-33-8-10-34-11-9-33/h2-7,12-15,17,29H,8-11,16,30H2,1H3/b6-3+,29-24?. The second-order valence-corrected chi connectivity index (χ2v) is 9.06. The summed E-state index contributed by atoms with van der Waals surface area (Å²) >= 11 is 12.5. The van der Waals surface area contributed by atoms with Crippen LogP contribution in [0.5, 0.6) is 5.75 Å². The zero-order valence-corrected chi connectivity index (χ0v) is 20.9. The van der Waals surface area contributed by atoms with Crippen molar-refractivity contribution < 1.29 is 9.47 Å². The molecule has 2 aromatic heterocycles. The third-order valence-corrected chi connectivity index (χ3v) is 6.31. The molecule has 9 heteroatoms. The SMILES string of the molecule is CC(Oc1ccc(N)c(C(=N)/C=C/c2ccc(CN3CCOCC3)nc2)c1)c1c(Cl)cncc1Cl. The molecule has 0 bridgehead atoms. The van der Waals surface area contributed by atoms with E-state index in [-0.39, 0.29) is 5.71 Å². The first-order valence-corrected chi connectivity index (χ1v) is 12.0. The largest absolute Gasteiger partial charge is 0.486 e. The topological polar surface area (TPSA) is 97.4 Å². The van der Waals surface area contributed by atoms with Gasteiger partial charge in [-0.3, -0.25) is 14.9 Å². The van der Waals surface area contributed by atoms with Crippen molar-refractivity contribution in [2.45, 2.75) is 19.6 Å². The van der Waals surface area contributed by atoms with Crippen LogP contribution in [-0.2, 0) is 11.3 Å². The van der Waals surface area contributed by atoms with Crippen molar-refractivity contribution in [2.24, 2.45) is 0 Å². The normalized spacial score (nSPS) is 15.3. The van der Waals surface area contributed by atoms with E-state index in [0.717, 1.165) is 44.1 Å². The summed E-state index contributed by atoms with van der Waals surface area (Å²) in [5.41, 5.74) is 10.0.